The van der Waals surface area contributed by atoms with Crippen LogP contribution in [-0.4, -0.2) is 28.5 Å². The molecule has 3 nitrogen and oxygen atoms in total. The molecule has 1 aromatic rings. The molecule has 19 heavy (non-hydrogen) atoms. The van der Waals surface area contributed by atoms with Crippen LogP contribution in [0.5, 0.6) is 0 Å². The summed E-state index contributed by atoms with van der Waals surface area (Å²) in [7, 11) is 1.90. The normalized spacial score (nSPS) is 17.4. The van der Waals surface area contributed by atoms with Crippen molar-refractivity contribution in [2.45, 2.75) is 52.6 Å². The molecule has 0 bridgehead atoms. The summed E-state index contributed by atoms with van der Waals surface area (Å²) in [5.74, 6) is 0.111. The van der Waals surface area contributed by atoms with Gasteiger partial charge in [-0.15, -0.1) is 0 Å². The fraction of sp³-hybridized carbons (Fsp3) is 0.667. The average Bonchev–Trinajstić information content (AvgIpc) is 3.08. The van der Waals surface area contributed by atoms with E-state index in [0.29, 0.717) is 6.04 Å². The van der Waals surface area contributed by atoms with E-state index in [0.717, 1.165) is 10.2 Å². The first kappa shape index (κ1) is 14.6. The highest BCUT2D eigenvalue weighted by molar-refractivity contribution is 9.10. The van der Waals surface area contributed by atoms with E-state index in [1.54, 1.807) is 0 Å². The van der Waals surface area contributed by atoms with E-state index in [1.165, 1.54) is 12.8 Å². The van der Waals surface area contributed by atoms with Gasteiger partial charge in [0.25, 0.3) is 5.91 Å². The summed E-state index contributed by atoms with van der Waals surface area (Å²) in [6.45, 7) is 8.60. The SMILES string of the molecule is CC(N(C)C(=O)c1cc(Br)cn1C1CC1)C(C)(C)C. The second kappa shape index (κ2) is 4.97. The molecule has 1 atom stereocenters. The first-order chi connectivity index (χ1) is 8.71. The fourth-order valence-corrected chi connectivity index (χ4v) is 2.65. The Balaban J connectivity index is 2.24. The Morgan fingerprint density at radius 2 is 2.05 bits per heavy atom. The minimum absolute atomic E-state index is 0.0820. The van der Waals surface area contributed by atoms with Gasteiger partial charge in [0.15, 0.2) is 0 Å². The molecule has 0 aliphatic heterocycles. The number of nitrogens with zero attached hydrogens (tertiary/aromatic N) is 2. The Kier molecular flexibility index (Phi) is 3.83. The average molecular weight is 327 g/mol. The molecule has 4 heteroatoms. The van der Waals surface area contributed by atoms with E-state index >= 15 is 0 Å². The summed E-state index contributed by atoms with van der Waals surface area (Å²) in [4.78, 5) is 14.5. The topological polar surface area (TPSA) is 25.2 Å². The van der Waals surface area contributed by atoms with Crippen LogP contribution in [0.15, 0.2) is 16.7 Å². The van der Waals surface area contributed by atoms with Gasteiger partial charge in [-0.25, -0.2) is 0 Å². The highest BCUT2D eigenvalue weighted by Crippen LogP contribution is 2.38. The van der Waals surface area contributed by atoms with E-state index in [9.17, 15) is 4.79 Å². The molecule has 0 saturated heterocycles. The maximum absolute atomic E-state index is 12.7. The number of carbonyl (C=O) groups is 1. The van der Waals surface area contributed by atoms with Crippen LogP contribution in [0.25, 0.3) is 0 Å². The van der Waals surface area contributed by atoms with Gasteiger partial charge in [0.2, 0.25) is 0 Å². The molecule has 106 valence electrons. The summed E-state index contributed by atoms with van der Waals surface area (Å²) >= 11 is 3.48. The first-order valence-electron chi connectivity index (χ1n) is 6.86. The number of hydrogen-bond acceptors (Lipinski definition) is 1. The van der Waals surface area contributed by atoms with Gasteiger partial charge in [0.1, 0.15) is 5.69 Å². The molecule has 0 radical (unpaired) electrons. The van der Waals surface area contributed by atoms with E-state index in [4.69, 9.17) is 0 Å². The lowest BCUT2D eigenvalue weighted by molar-refractivity contribution is 0.0618. The molecular formula is C15H23BrN2O. The number of halogens is 1. The number of hydrogen-bond donors (Lipinski definition) is 0. The largest absolute Gasteiger partial charge is 0.339 e. The molecule has 1 amide bonds. The van der Waals surface area contributed by atoms with Gasteiger partial charge < -0.3 is 9.47 Å². The second-order valence-electron chi connectivity index (χ2n) is 6.64. The maximum Gasteiger partial charge on any atom is 0.270 e. The predicted molar refractivity (Wildman–Crippen MR) is 81.4 cm³/mol. The molecule has 1 aliphatic rings. The van der Waals surface area contributed by atoms with Crippen LogP contribution in [0, 0.1) is 5.41 Å². The van der Waals surface area contributed by atoms with Gasteiger partial charge >= 0.3 is 0 Å². The zero-order valence-electron chi connectivity index (χ0n) is 12.4. The van der Waals surface area contributed by atoms with Gasteiger partial charge in [0, 0.05) is 29.8 Å². The third kappa shape index (κ3) is 3.04. The molecule has 0 aromatic carbocycles. The van der Waals surface area contributed by atoms with E-state index in [1.807, 2.05) is 24.2 Å². The van der Waals surface area contributed by atoms with Gasteiger partial charge in [-0.05, 0) is 47.2 Å². The van der Waals surface area contributed by atoms with Gasteiger partial charge in [-0.1, -0.05) is 20.8 Å². The fourth-order valence-electron chi connectivity index (χ4n) is 2.21. The van der Waals surface area contributed by atoms with Crippen molar-refractivity contribution in [3.05, 3.63) is 22.4 Å². The van der Waals surface area contributed by atoms with Gasteiger partial charge in [0.05, 0.1) is 0 Å². The summed E-state index contributed by atoms with van der Waals surface area (Å²) in [6, 6.07) is 2.65. The first-order valence-corrected chi connectivity index (χ1v) is 7.65. The van der Waals surface area contributed by atoms with Gasteiger partial charge in [-0.3, -0.25) is 4.79 Å². The van der Waals surface area contributed by atoms with Crippen molar-refractivity contribution in [3.63, 3.8) is 0 Å². The standard InChI is InChI=1S/C15H23BrN2O/c1-10(15(2,3)4)17(5)14(19)13-8-11(16)9-18(13)12-6-7-12/h8-10,12H,6-7H2,1-5H3. The smallest absolute Gasteiger partial charge is 0.270 e. The minimum atomic E-state index is 0.0820. The number of rotatable bonds is 3. The molecule has 1 fully saturated rings. The minimum Gasteiger partial charge on any atom is -0.339 e. The predicted octanol–water partition coefficient (Wildman–Crippen LogP) is 4.09. The Morgan fingerprint density at radius 3 is 2.53 bits per heavy atom. The van der Waals surface area contributed by atoms with E-state index in [2.05, 4.69) is 48.2 Å². The maximum atomic E-state index is 12.7. The van der Waals surface area contributed by atoms with Crippen molar-refractivity contribution in [2.24, 2.45) is 5.41 Å². The Bertz CT molecular complexity index is 483. The second-order valence-corrected chi connectivity index (χ2v) is 7.56. The highest BCUT2D eigenvalue weighted by atomic mass is 79.9. The van der Waals surface area contributed by atoms with Crippen molar-refractivity contribution < 1.29 is 4.79 Å². The monoisotopic (exact) mass is 326 g/mol. The van der Waals surface area contributed by atoms with Crippen molar-refractivity contribution in [3.8, 4) is 0 Å². The molecule has 1 heterocycles. The lowest BCUT2D eigenvalue weighted by Gasteiger charge is -2.35. The molecule has 2 rings (SSSR count). The van der Waals surface area contributed by atoms with E-state index in [-0.39, 0.29) is 17.4 Å². The van der Waals surface area contributed by atoms with Crippen LogP contribution in [0.3, 0.4) is 0 Å². The molecule has 0 spiro atoms. The van der Waals surface area contributed by atoms with Crippen LogP contribution in [0.1, 0.15) is 57.1 Å². The quantitative estimate of drug-likeness (QED) is 0.821. The molecule has 0 N–H and O–H groups in total. The molecule has 1 aromatic heterocycles. The molecule has 1 saturated carbocycles. The third-order valence-electron chi connectivity index (χ3n) is 4.13. The van der Waals surface area contributed by atoms with Crippen LogP contribution >= 0.6 is 15.9 Å². The zero-order valence-corrected chi connectivity index (χ0v) is 14.0. The molecular weight excluding hydrogens is 304 g/mol. The number of aromatic nitrogens is 1. The van der Waals surface area contributed by atoms with Gasteiger partial charge in [-0.2, -0.15) is 0 Å². The van der Waals surface area contributed by atoms with Crippen molar-refractivity contribution in [1.29, 1.82) is 0 Å². The number of carbonyl (C=O) groups excluding carboxylic acids is 1. The zero-order chi connectivity index (χ0) is 14.4. The van der Waals surface area contributed by atoms with Crippen LogP contribution < -0.4 is 0 Å². The Hall–Kier alpha value is -0.770. The van der Waals surface area contributed by atoms with Crippen LogP contribution in [0.4, 0.5) is 0 Å². The van der Waals surface area contributed by atoms with Crippen molar-refractivity contribution in [2.75, 3.05) is 7.05 Å². The summed E-state index contributed by atoms with van der Waals surface area (Å²) in [6.07, 6.45) is 4.39. The van der Waals surface area contributed by atoms with Crippen molar-refractivity contribution in [1.82, 2.24) is 9.47 Å². The Labute approximate surface area is 124 Å². The number of amides is 1. The lowest BCUT2D eigenvalue weighted by Crippen LogP contribution is -2.43. The van der Waals surface area contributed by atoms with Crippen LogP contribution in [-0.2, 0) is 0 Å². The summed E-state index contributed by atoms with van der Waals surface area (Å²) in [5, 5.41) is 0. The summed E-state index contributed by atoms with van der Waals surface area (Å²) in [5.41, 5.74) is 0.881. The lowest BCUT2D eigenvalue weighted by atomic mass is 9.87. The van der Waals surface area contributed by atoms with E-state index < -0.39 is 0 Å². The van der Waals surface area contributed by atoms with Crippen LogP contribution in [0.2, 0.25) is 0 Å². The third-order valence-corrected chi connectivity index (χ3v) is 4.56. The summed E-state index contributed by atoms with van der Waals surface area (Å²) < 4.78 is 3.11. The molecule has 1 aliphatic carbocycles. The highest BCUT2D eigenvalue weighted by Gasteiger charge is 2.32. The molecule has 1 unspecified atom stereocenters. The van der Waals surface area contributed by atoms with Crippen molar-refractivity contribution >= 4 is 21.8 Å². The Morgan fingerprint density at radius 1 is 1.47 bits per heavy atom.